The summed E-state index contributed by atoms with van der Waals surface area (Å²) >= 11 is 0. The highest BCUT2D eigenvalue weighted by Crippen LogP contribution is 2.25. The van der Waals surface area contributed by atoms with Crippen LogP contribution in [0.2, 0.25) is 0 Å². The van der Waals surface area contributed by atoms with Crippen LogP contribution in [-0.4, -0.2) is 18.4 Å². The molecule has 0 aliphatic rings. The minimum absolute atomic E-state index is 0.131. The number of hydrogen-bond acceptors (Lipinski definition) is 3. The second-order valence-corrected chi connectivity index (χ2v) is 7.16. The van der Waals surface area contributed by atoms with E-state index in [0.29, 0.717) is 22.7 Å². The highest BCUT2D eigenvalue weighted by Gasteiger charge is 2.12. The normalized spacial score (nSPS) is 10.5. The summed E-state index contributed by atoms with van der Waals surface area (Å²) in [5, 5.41) is 7.69. The third kappa shape index (κ3) is 4.90. The van der Waals surface area contributed by atoms with Gasteiger partial charge in [0.05, 0.1) is 0 Å². The molecule has 0 unspecified atom stereocenters. The first-order valence-electron chi connectivity index (χ1n) is 9.97. The van der Waals surface area contributed by atoms with Crippen LogP contribution in [0, 0.1) is 6.92 Å². The molecule has 0 spiro atoms. The molecule has 0 saturated heterocycles. The van der Waals surface area contributed by atoms with E-state index in [1.807, 2.05) is 79.7 Å². The number of rotatable bonds is 6. The van der Waals surface area contributed by atoms with Crippen molar-refractivity contribution in [1.29, 1.82) is 0 Å². The third-order valence-electron chi connectivity index (χ3n) is 4.91. The van der Waals surface area contributed by atoms with E-state index in [4.69, 9.17) is 4.74 Å². The average molecular weight is 410 g/mol. The first-order chi connectivity index (χ1) is 15.1. The van der Waals surface area contributed by atoms with Gasteiger partial charge in [-0.3, -0.25) is 9.59 Å². The molecule has 0 aromatic heterocycles. The van der Waals surface area contributed by atoms with Crippen molar-refractivity contribution >= 4 is 34.0 Å². The van der Waals surface area contributed by atoms with E-state index in [2.05, 4.69) is 10.6 Å². The molecule has 0 atom stereocenters. The lowest BCUT2D eigenvalue weighted by Crippen LogP contribution is -2.21. The van der Waals surface area contributed by atoms with E-state index in [9.17, 15) is 9.59 Å². The molecule has 5 heteroatoms. The number of amides is 2. The number of benzene rings is 4. The molecule has 4 rings (SSSR count). The van der Waals surface area contributed by atoms with Gasteiger partial charge in [-0.15, -0.1) is 0 Å². The number of nitrogens with one attached hydrogen (secondary N) is 2. The Morgan fingerprint density at radius 1 is 0.806 bits per heavy atom. The predicted octanol–water partition coefficient (Wildman–Crippen LogP) is 5.42. The molecule has 31 heavy (non-hydrogen) atoms. The Labute approximate surface area is 180 Å². The first kappa shape index (κ1) is 20.2. The first-order valence-corrected chi connectivity index (χ1v) is 9.97. The van der Waals surface area contributed by atoms with Gasteiger partial charge < -0.3 is 15.4 Å². The molecule has 0 fully saturated rings. The zero-order valence-electron chi connectivity index (χ0n) is 17.1. The van der Waals surface area contributed by atoms with Gasteiger partial charge in [-0.25, -0.2) is 0 Å². The van der Waals surface area contributed by atoms with E-state index in [1.54, 1.807) is 18.2 Å². The van der Waals surface area contributed by atoms with E-state index in [-0.39, 0.29) is 18.4 Å². The van der Waals surface area contributed by atoms with Crippen LogP contribution in [0.5, 0.6) is 5.75 Å². The molecule has 4 aromatic rings. The molecule has 0 heterocycles. The molecule has 2 N–H and O–H groups in total. The van der Waals surface area contributed by atoms with Crippen LogP contribution in [0.25, 0.3) is 10.8 Å². The lowest BCUT2D eigenvalue weighted by Gasteiger charge is -2.12. The molecule has 0 aliphatic carbocycles. The highest BCUT2D eigenvalue weighted by molar-refractivity contribution is 6.05. The van der Waals surface area contributed by atoms with Crippen LogP contribution >= 0.6 is 0 Å². The fourth-order valence-corrected chi connectivity index (χ4v) is 3.27. The molecule has 0 aliphatic heterocycles. The van der Waals surface area contributed by atoms with Crippen molar-refractivity contribution in [2.45, 2.75) is 6.92 Å². The van der Waals surface area contributed by atoms with Crippen molar-refractivity contribution in [1.82, 2.24) is 0 Å². The number of hydrogen-bond donors (Lipinski definition) is 2. The number of aryl methyl sites for hydroxylation is 1. The fourth-order valence-electron chi connectivity index (χ4n) is 3.27. The lowest BCUT2D eigenvalue weighted by molar-refractivity contribution is -0.118. The van der Waals surface area contributed by atoms with Crippen LogP contribution in [0.3, 0.4) is 0 Å². The summed E-state index contributed by atoms with van der Waals surface area (Å²) in [5.74, 6) is 0.117. The highest BCUT2D eigenvalue weighted by atomic mass is 16.5. The van der Waals surface area contributed by atoms with Crippen molar-refractivity contribution in [3.63, 3.8) is 0 Å². The summed E-state index contributed by atoms with van der Waals surface area (Å²) in [5.41, 5.74) is 2.60. The molecule has 5 nitrogen and oxygen atoms in total. The van der Waals surface area contributed by atoms with Gasteiger partial charge in [0, 0.05) is 22.3 Å². The van der Waals surface area contributed by atoms with Gasteiger partial charge in [-0.1, -0.05) is 60.7 Å². The predicted molar refractivity (Wildman–Crippen MR) is 124 cm³/mol. The molecule has 0 saturated carbocycles. The third-order valence-corrected chi connectivity index (χ3v) is 4.91. The SMILES string of the molecule is Cc1ccc(C(=O)Nc2ccccc2)cc1NC(=O)COc1cccc2ccccc12. The summed E-state index contributed by atoms with van der Waals surface area (Å²) in [6.07, 6.45) is 0. The average Bonchev–Trinajstić information content (AvgIpc) is 2.79. The van der Waals surface area contributed by atoms with Crippen LogP contribution in [-0.2, 0) is 4.79 Å². The zero-order chi connectivity index (χ0) is 21.6. The van der Waals surface area contributed by atoms with Gasteiger partial charge in [0.25, 0.3) is 11.8 Å². The van der Waals surface area contributed by atoms with E-state index in [0.717, 1.165) is 16.3 Å². The van der Waals surface area contributed by atoms with Gasteiger partial charge in [-0.05, 0) is 48.2 Å². The van der Waals surface area contributed by atoms with Crippen LogP contribution in [0.15, 0.2) is 91.0 Å². The Morgan fingerprint density at radius 2 is 1.55 bits per heavy atom. The molecule has 154 valence electrons. The number of carbonyl (C=O) groups is 2. The number of ether oxygens (including phenoxy) is 1. The molecule has 4 aromatic carbocycles. The van der Waals surface area contributed by atoms with Crippen molar-refractivity contribution < 1.29 is 14.3 Å². The van der Waals surface area contributed by atoms with Crippen molar-refractivity contribution in [2.75, 3.05) is 17.2 Å². The second kappa shape index (κ2) is 9.13. The number of anilines is 2. The quantitative estimate of drug-likeness (QED) is 0.446. The van der Waals surface area contributed by atoms with E-state index >= 15 is 0 Å². The summed E-state index contributed by atoms with van der Waals surface area (Å²) in [7, 11) is 0. The van der Waals surface area contributed by atoms with Crippen LogP contribution in [0.4, 0.5) is 11.4 Å². The van der Waals surface area contributed by atoms with Gasteiger partial charge in [0.2, 0.25) is 0 Å². The zero-order valence-corrected chi connectivity index (χ0v) is 17.1. The minimum atomic E-state index is -0.295. The molecule has 0 bridgehead atoms. The minimum Gasteiger partial charge on any atom is -0.483 e. The molecular weight excluding hydrogens is 388 g/mol. The molecular formula is C26H22N2O3. The van der Waals surface area contributed by atoms with E-state index in [1.165, 1.54) is 0 Å². The fraction of sp³-hybridized carbons (Fsp3) is 0.0769. The number of para-hydroxylation sites is 1. The van der Waals surface area contributed by atoms with E-state index < -0.39 is 0 Å². The smallest absolute Gasteiger partial charge is 0.262 e. The Balaban J connectivity index is 1.43. The van der Waals surface area contributed by atoms with Crippen molar-refractivity contribution in [3.05, 3.63) is 102 Å². The number of carbonyl (C=O) groups excluding carboxylic acids is 2. The Morgan fingerprint density at radius 3 is 2.39 bits per heavy atom. The van der Waals surface area contributed by atoms with Gasteiger partial charge >= 0.3 is 0 Å². The summed E-state index contributed by atoms with van der Waals surface area (Å²) < 4.78 is 5.76. The monoisotopic (exact) mass is 410 g/mol. The second-order valence-electron chi connectivity index (χ2n) is 7.16. The van der Waals surface area contributed by atoms with Gasteiger partial charge in [0.15, 0.2) is 6.61 Å². The largest absolute Gasteiger partial charge is 0.483 e. The number of fused-ring (bicyclic) bond motifs is 1. The Kier molecular flexibility index (Phi) is 5.94. The van der Waals surface area contributed by atoms with Crippen LogP contribution < -0.4 is 15.4 Å². The maximum absolute atomic E-state index is 12.6. The lowest BCUT2D eigenvalue weighted by atomic mass is 10.1. The van der Waals surface area contributed by atoms with Crippen LogP contribution in [0.1, 0.15) is 15.9 Å². The maximum atomic E-state index is 12.6. The molecule has 2 amide bonds. The Bertz CT molecular complexity index is 1230. The van der Waals surface area contributed by atoms with Crippen molar-refractivity contribution in [2.24, 2.45) is 0 Å². The summed E-state index contributed by atoms with van der Waals surface area (Å²) in [6.45, 7) is 1.74. The maximum Gasteiger partial charge on any atom is 0.262 e. The standard InChI is InChI=1S/C26H22N2O3/c1-18-14-15-20(26(30)27-21-10-3-2-4-11-21)16-23(18)28-25(29)17-31-24-13-7-9-19-8-5-6-12-22(19)24/h2-16H,17H2,1H3,(H,27,30)(H,28,29). The summed E-state index contributed by atoms with van der Waals surface area (Å²) in [4.78, 5) is 25.1. The topological polar surface area (TPSA) is 67.4 Å². The van der Waals surface area contributed by atoms with Crippen molar-refractivity contribution in [3.8, 4) is 5.75 Å². The molecule has 0 radical (unpaired) electrons. The van der Waals surface area contributed by atoms with Gasteiger partial charge in [-0.2, -0.15) is 0 Å². The Hall–Kier alpha value is -4.12. The summed E-state index contributed by atoms with van der Waals surface area (Å²) in [6, 6.07) is 28.0. The van der Waals surface area contributed by atoms with Gasteiger partial charge in [0.1, 0.15) is 5.75 Å².